The number of hydrogen-bond acceptors (Lipinski definition) is 1. The number of carbonyl (C=O) groups excluding carboxylic acids is 1. The number of amides is 1. The van der Waals surface area contributed by atoms with Crippen LogP contribution >= 0.6 is 11.6 Å². The van der Waals surface area contributed by atoms with Gasteiger partial charge in [-0.2, -0.15) is 0 Å². The number of hydrogen-bond donors (Lipinski definition) is 0. The molecule has 1 atom stereocenters. The van der Waals surface area contributed by atoms with E-state index in [1.807, 2.05) is 29.2 Å². The van der Waals surface area contributed by atoms with Crippen molar-refractivity contribution in [1.82, 2.24) is 4.90 Å². The lowest BCUT2D eigenvalue weighted by Gasteiger charge is -2.38. The first-order chi connectivity index (χ1) is 12.2. The van der Waals surface area contributed by atoms with E-state index in [4.69, 9.17) is 11.6 Å². The summed E-state index contributed by atoms with van der Waals surface area (Å²) < 4.78 is 0. The Balaban J connectivity index is 1.78. The molecule has 3 aromatic rings. The van der Waals surface area contributed by atoms with E-state index in [1.165, 1.54) is 11.1 Å². The molecule has 1 heterocycles. The normalized spacial score (nSPS) is 16.4. The first kappa shape index (κ1) is 15.9. The molecule has 124 valence electrons. The average Bonchev–Trinajstić information content (AvgIpc) is 2.68. The van der Waals surface area contributed by atoms with Crippen molar-refractivity contribution in [3.63, 3.8) is 0 Å². The largest absolute Gasteiger partial charge is 0.327 e. The second-order valence-electron chi connectivity index (χ2n) is 6.27. The molecule has 25 heavy (non-hydrogen) atoms. The highest BCUT2D eigenvalue weighted by molar-refractivity contribution is 6.30. The maximum atomic E-state index is 13.2. The summed E-state index contributed by atoms with van der Waals surface area (Å²) in [6, 6.07) is 25.7. The summed E-state index contributed by atoms with van der Waals surface area (Å²) in [7, 11) is 0. The molecule has 1 amide bonds. The summed E-state index contributed by atoms with van der Waals surface area (Å²) in [5.41, 5.74) is 4.33. The fraction of sp³-hybridized carbons (Fsp3) is 0.136. The zero-order chi connectivity index (χ0) is 17.2. The van der Waals surface area contributed by atoms with Gasteiger partial charge in [0, 0.05) is 17.1 Å². The third kappa shape index (κ3) is 3.06. The van der Waals surface area contributed by atoms with Gasteiger partial charge in [-0.1, -0.05) is 66.2 Å². The maximum absolute atomic E-state index is 13.2. The third-order valence-electron chi connectivity index (χ3n) is 4.75. The van der Waals surface area contributed by atoms with Crippen molar-refractivity contribution in [2.24, 2.45) is 0 Å². The van der Waals surface area contributed by atoms with E-state index in [2.05, 4.69) is 30.3 Å². The lowest BCUT2D eigenvalue weighted by molar-refractivity contribution is 0.0694. The average molecular weight is 348 g/mol. The Kier molecular flexibility index (Phi) is 4.29. The molecule has 0 N–H and O–H groups in total. The fourth-order valence-corrected chi connectivity index (χ4v) is 3.66. The van der Waals surface area contributed by atoms with Crippen molar-refractivity contribution < 1.29 is 4.79 Å². The van der Waals surface area contributed by atoms with Gasteiger partial charge in [0.25, 0.3) is 5.91 Å². The molecule has 0 spiro atoms. The second kappa shape index (κ2) is 6.73. The lowest BCUT2D eigenvalue weighted by Crippen LogP contribution is -2.40. The standard InChI is InChI=1S/C22H18ClNO/c23-19-12-10-18(11-13-19)22(25)24-15-14-16-6-4-5-9-20(16)21(24)17-7-2-1-3-8-17/h1-13,21H,14-15H2. The topological polar surface area (TPSA) is 20.3 Å². The maximum Gasteiger partial charge on any atom is 0.254 e. The van der Waals surface area contributed by atoms with Crippen LogP contribution in [0.15, 0.2) is 78.9 Å². The van der Waals surface area contributed by atoms with E-state index in [9.17, 15) is 4.79 Å². The van der Waals surface area contributed by atoms with Crippen LogP contribution in [0.1, 0.15) is 33.1 Å². The van der Waals surface area contributed by atoms with E-state index < -0.39 is 0 Å². The van der Waals surface area contributed by atoms with Crippen LogP contribution in [0.2, 0.25) is 5.02 Å². The van der Waals surface area contributed by atoms with Crippen LogP contribution in [0.4, 0.5) is 0 Å². The second-order valence-corrected chi connectivity index (χ2v) is 6.70. The van der Waals surface area contributed by atoms with E-state index in [1.54, 1.807) is 24.3 Å². The zero-order valence-electron chi connectivity index (χ0n) is 13.7. The summed E-state index contributed by atoms with van der Waals surface area (Å²) >= 11 is 5.97. The smallest absolute Gasteiger partial charge is 0.254 e. The Morgan fingerprint density at radius 1 is 0.880 bits per heavy atom. The molecule has 0 aromatic heterocycles. The van der Waals surface area contributed by atoms with Crippen molar-refractivity contribution in [2.45, 2.75) is 12.5 Å². The van der Waals surface area contributed by atoms with Crippen LogP contribution < -0.4 is 0 Å². The van der Waals surface area contributed by atoms with Crippen LogP contribution in [-0.4, -0.2) is 17.4 Å². The third-order valence-corrected chi connectivity index (χ3v) is 5.00. The molecular formula is C22H18ClNO. The summed E-state index contributed by atoms with van der Waals surface area (Å²) in [6.07, 6.45) is 0.874. The highest BCUT2D eigenvalue weighted by Crippen LogP contribution is 2.36. The van der Waals surface area contributed by atoms with Crippen LogP contribution in [-0.2, 0) is 6.42 Å². The minimum absolute atomic E-state index is 0.0417. The van der Waals surface area contributed by atoms with Gasteiger partial charge in [0.1, 0.15) is 0 Å². The Labute approximate surface area is 152 Å². The number of rotatable bonds is 2. The molecule has 3 aromatic carbocycles. The van der Waals surface area contributed by atoms with Gasteiger partial charge >= 0.3 is 0 Å². The van der Waals surface area contributed by atoms with Gasteiger partial charge in [0.2, 0.25) is 0 Å². The molecule has 4 rings (SSSR count). The molecule has 1 aliphatic rings. The highest BCUT2D eigenvalue weighted by atomic mass is 35.5. The van der Waals surface area contributed by atoms with E-state index in [0.717, 1.165) is 12.0 Å². The quantitative estimate of drug-likeness (QED) is 0.629. The molecular weight excluding hydrogens is 330 g/mol. The summed E-state index contributed by atoms with van der Waals surface area (Å²) in [6.45, 7) is 0.706. The molecule has 0 aliphatic carbocycles. The van der Waals surface area contributed by atoms with Crippen LogP contribution in [0.3, 0.4) is 0 Å². The van der Waals surface area contributed by atoms with Crippen LogP contribution in [0.25, 0.3) is 0 Å². The van der Waals surface area contributed by atoms with Gasteiger partial charge in [-0.15, -0.1) is 0 Å². The number of carbonyl (C=O) groups is 1. The van der Waals surface area contributed by atoms with Crippen LogP contribution in [0.5, 0.6) is 0 Å². The van der Waals surface area contributed by atoms with Crippen molar-refractivity contribution in [2.75, 3.05) is 6.54 Å². The Hall–Kier alpha value is -2.58. The molecule has 0 fully saturated rings. The van der Waals surface area contributed by atoms with Crippen molar-refractivity contribution in [3.8, 4) is 0 Å². The Bertz CT molecular complexity index is 889. The summed E-state index contributed by atoms with van der Waals surface area (Å²) in [5, 5.41) is 0.639. The summed E-state index contributed by atoms with van der Waals surface area (Å²) in [4.78, 5) is 15.2. The zero-order valence-corrected chi connectivity index (χ0v) is 14.5. The van der Waals surface area contributed by atoms with Crippen molar-refractivity contribution in [3.05, 3.63) is 106 Å². The minimum Gasteiger partial charge on any atom is -0.327 e. The summed E-state index contributed by atoms with van der Waals surface area (Å²) in [5.74, 6) is 0.0417. The Morgan fingerprint density at radius 3 is 2.32 bits per heavy atom. The van der Waals surface area contributed by atoms with Gasteiger partial charge in [0.05, 0.1) is 6.04 Å². The van der Waals surface area contributed by atoms with Crippen molar-refractivity contribution in [1.29, 1.82) is 0 Å². The molecule has 2 nitrogen and oxygen atoms in total. The molecule has 0 bridgehead atoms. The molecule has 0 saturated carbocycles. The molecule has 3 heteroatoms. The Morgan fingerprint density at radius 2 is 1.56 bits per heavy atom. The number of fused-ring (bicyclic) bond motifs is 1. The molecule has 1 aliphatic heterocycles. The predicted octanol–water partition coefficient (Wildman–Crippen LogP) is 5.13. The number of halogens is 1. The first-order valence-electron chi connectivity index (χ1n) is 8.43. The van der Waals surface area contributed by atoms with E-state index in [-0.39, 0.29) is 11.9 Å². The first-order valence-corrected chi connectivity index (χ1v) is 8.81. The fourth-order valence-electron chi connectivity index (χ4n) is 3.54. The van der Waals surface area contributed by atoms with Gasteiger partial charge in [0.15, 0.2) is 0 Å². The van der Waals surface area contributed by atoms with E-state index in [0.29, 0.717) is 17.1 Å². The predicted molar refractivity (Wildman–Crippen MR) is 101 cm³/mol. The van der Waals surface area contributed by atoms with Gasteiger partial charge in [-0.3, -0.25) is 4.79 Å². The minimum atomic E-state index is -0.0608. The van der Waals surface area contributed by atoms with Crippen LogP contribution in [0, 0.1) is 0 Å². The number of benzene rings is 3. The van der Waals surface area contributed by atoms with Crippen molar-refractivity contribution >= 4 is 17.5 Å². The monoisotopic (exact) mass is 347 g/mol. The highest BCUT2D eigenvalue weighted by Gasteiger charge is 2.32. The molecule has 0 radical (unpaired) electrons. The van der Waals surface area contributed by atoms with E-state index >= 15 is 0 Å². The van der Waals surface area contributed by atoms with Gasteiger partial charge in [-0.25, -0.2) is 0 Å². The molecule has 1 unspecified atom stereocenters. The lowest BCUT2D eigenvalue weighted by atomic mass is 9.88. The van der Waals surface area contributed by atoms with Gasteiger partial charge < -0.3 is 4.90 Å². The number of nitrogens with zero attached hydrogens (tertiary/aromatic N) is 1. The molecule has 0 saturated heterocycles. The SMILES string of the molecule is O=C(c1ccc(Cl)cc1)N1CCc2ccccc2C1c1ccccc1. The van der Waals surface area contributed by atoms with Gasteiger partial charge in [-0.05, 0) is 47.4 Å².